The van der Waals surface area contributed by atoms with Gasteiger partial charge in [-0.25, -0.2) is 23.5 Å². The Hall–Kier alpha value is -1.41. The molecule has 1 heterocycles. The van der Waals surface area contributed by atoms with Crippen molar-refractivity contribution in [3.05, 3.63) is 12.4 Å². The molecule has 0 radical (unpaired) electrons. The molecule has 7 nitrogen and oxygen atoms in total. The van der Waals surface area contributed by atoms with Gasteiger partial charge in [-0.1, -0.05) is 0 Å². The van der Waals surface area contributed by atoms with Gasteiger partial charge in [0, 0.05) is 6.04 Å². The summed E-state index contributed by atoms with van der Waals surface area (Å²) in [6, 6.07) is -0.358. The molecule has 0 spiro atoms. The summed E-state index contributed by atoms with van der Waals surface area (Å²) < 4.78 is 21.5. The first-order chi connectivity index (χ1) is 6.87. The van der Waals surface area contributed by atoms with Crippen LogP contribution in [0.3, 0.4) is 0 Å². The van der Waals surface area contributed by atoms with Crippen molar-refractivity contribution in [3.63, 3.8) is 0 Å². The predicted molar refractivity (Wildman–Crippen MR) is 57.5 cm³/mol. The third-order valence-corrected chi connectivity index (χ3v) is 2.49. The van der Waals surface area contributed by atoms with Gasteiger partial charge >= 0.3 is 0 Å². The van der Waals surface area contributed by atoms with Crippen molar-refractivity contribution < 1.29 is 8.42 Å². The number of primary sulfonamides is 1. The smallest absolute Gasteiger partial charge is 0.222 e. The summed E-state index contributed by atoms with van der Waals surface area (Å²) in [6.07, 6.45) is 2.86. The molecule has 0 aromatic carbocycles. The Labute approximate surface area is 88.0 Å². The molecule has 15 heavy (non-hydrogen) atoms. The van der Waals surface area contributed by atoms with Gasteiger partial charge in [-0.05, 0) is 6.92 Å². The summed E-state index contributed by atoms with van der Waals surface area (Å²) in [4.78, 5) is 7.73. The molecule has 0 fully saturated rings. The summed E-state index contributed by atoms with van der Waals surface area (Å²) in [5.41, 5.74) is 5.83. The lowest BCUT2D eigenvalue weighted by Crippen LogP contribution is -2.30. The lowest BCUT2D eigenvalue weighted by molar-refractivity contribution is 0.593. The highest BCUT2D eigenvalue weighted by atomic mass is 32.2. The molecule has 84 valence electrons. The number of anilines is 2. The maximum absolute atomic E-state index is 10.8. The van der Waals surface area contributed by atoms with Crippen LogP contribution in [-0.2, 0) is 10.0 Å². The van der Waals surface area contributed by atoms with Gasteiger partial charge in [-0.2, -0.15) is 0 Å². The fourth-order valence-corrected chi connectivity index (χ4v) is 1.80. The minimum atomic E-state index is -3.49. The Morgan fingerprint density at radius 1 is 1.47 bits per heavy atom. The van der Waals surface area contributed by atoms with E-state index in [1.165, 1.54) is 12.4 Å². The van der Waals surface area contributed by atoms with Gasteiger partial charge in [-0.3, -0.25) is 0 Å². The lowest BCUT2D eigenvalue weighted by atomic mass is 10.4. The number of rotatable bonds is 4. The topological polar surface area (TPSA) is 124 Å². The molecule has 5 N–H and O–H groups in total. The van der Waals surface area contributed by atoms with Gasteiger partial charge in [0.1, 0.15) is 0 Å². The van der Waals surface area contributed by atoms with Gasteiger partial charge in [-0.15, -0.1) is 0 Å². The molecule has 1 aromatic heterocycles. The SMILES string of the molecule is C[C@@H](CS(N)(=O)=O)Nc1ncc(N)cn1. The van der Waals surface area contributed by atoms with Crippen molar-refractivity contribution in [3.8, 4) is 0 Å². The Bertz CT molecular complexity index is 416. The maximum atomic E-state index is 10.8. The van der Waals surface area contributed by atoms with Crippen LogP contribution >= 0.6 is 0 Å². The molecule has 1 atom stereocenters. The van der Waals surface area contributed by atoms with E-state index < -0.39 is 10.0 Å². The zero-order valence-corrected chi connectivity index (χ0v) is 9.03. The van der Waals surface area contributed by atoms with E-state index in [1.54, 1.807) is 6.92 Å². The Morgan fingerprint density at radius 2 is 2.00 bits per heavy atom. The maximum Gasteiger partial charge on any atom is 0.222 e. The van der Waals surface area contributed by atoms with Crippen LogP contribution in [0.2, 0.25) is 0 Å². The molecule has 0 unspecified atom stereocenters. The zero-order valence-electron chi connectivity index (χ0n) is 8.21. The summed E-state index contributed by atoms with van der Waals surface area (Å²) in [5.74, 6) is 0.140. The van der Waals surface area contributed by atoms with Crippen molar-refractivity contribution in [2.75, 3.05) is 16.8 Å². The Morgan fingerprint density at radius 3 is 2.47 bits per heavy atom. The fraction of sp³-hybridized carbons (Fsp3) is 0.429. The fourth-order valence-electron chi connectivity index (χ4n) is 1.02. The molecule has 0 aliphatic heterocycles. The van der Waals surface area contributed by atoms with Crippen LogP contribution in [0.5, 0.6) is 0 Å². The van der Waals surface area contributed by atoms with Crippen molar-refractivity contribution in [1.82, 2.24) is 9.97 Å². The first-order valence-corrected chi connectivity index (χ1v) is 5.93. The van der Waals surface area contributed by atoms with Crippen LogP contribution < -0.4 is 16.2 Å². The van der Waals surface area contributed by atoms with Crippen LogP contribution in [0.1, 0.15) is 6.92 Å². The minimum Gasteiger partial charge on any atom is -0.396 e. The first kappa shape index (κ1) is 11.7. The van der Waals surface area contributed by atoms with Crippen LogP contribution in [0, 0.1) is 0 Å². The second kappa shape index (κ2) is 4.41. The average molecular weight is 231 g/mol. The van der Waals surface area contributed by atoms with Crippen LogP contribution in [0.4, 0.5) is 11.6 Å². The number of hydrogen-bond donors (Lipinski definition) is 3. The number of hydrogen-bond acceptors (Lipinski definition) is 6. The number of nitrogens with two attached hydrogens (primary N) is 2. The van der Waals surface area contributed by atoms with E-state index in [-0.39, 0.29) is 11.8 Å². The number of nitrogen functional groups attached to an aromatic ring is 1. The number of nitrogens with zero attached hydrogens (tertiary/aromatic N) is 2. The molecule has 1 rings (SSSR count). The van der Waals surface area contributed by atoms with E-state index >= 15 is 0 Å². The highest BCUT2D eigenvalue weighted by Gasteiger charge is 2.11. The molecular weight excluding hydrogens is 218 g/mol. The van der Waals surface area contributed by atoms with Crippen LogP contribution in [0.25, 0.3) is 0 Å². The van der Waals surface area contributed by atoms with E-state index in [4.69, 9.17) is 10.9 Å². The monoisotopic (exact) mass is 231 g/mol. The Kier molecular flexibility index (Phi) is 3.43. The Balaban J connectivity index is 2.59. The normalized spacial score (nSPS) is 13.5. The van der Waals surface area contributed by atoms with Gasteiger partial charge in [0.05, 0.1) is 23.8 Å². The first-order valence-electron chi connectivity index (χ1n) is 4.21. The van der Waals surface area contributed by atoms with Crippen molar-refractivity contribution in [2.24, 2.45) is 5.14 Å². The average Bonchev–Trinajstić information content (AvgIpc) is 2.05. The highest BCUT2D eigenvalue weighted by molar-refractivity contribution is 7.89. The minimum absolute atomic E-state index is 0.180. The van der Waals surface area contributed by atoms with Gasteiger partial charge in [0.2, 0.25) is 16.0 Å². The molecule has 0 saturated heterocycles. The van der Waals surface area contributed by atoms with E-state index in [2.05, 4.69) is 15.3 Å². The highest BCUT2D eigenvalue weighted by Crippen LogP contribution is 2.03. The van der Waals surface area contributed by atoms with Gasteiger partial charge in [0.25, 0.3) is 0 Å². The van der Waals surface area contributed by atoms with Crippen molar-refractivity contribution >= 4 is 21.7 Å². The lowest BCUT2D eigenvalue weighted by Gasteiger charge is -2.11. The third kappa shape index (κ3) is 4.56. The van der Waals surface area contributed by atoms with E-state index in [1.807, 2.05) is 0 Å². The predicted octanol–water partition coefficient (Wildman–Crippen LogP) is -0.852. The van der Waals surface area contributed by atoms with Crippen LogP contribution in [0.15, 0.2) is 12.4 Å². The van der Waals surface area contributed by atoms with Gasteiger partial charge < -0.3 is 11.1 Å². The second-order valence-electron chi connectivity index (χ2n) is 3.21. The van der Waals surface area contributed by atoms with Gasteiger partial charge in [0.15, 0.2) is 0 Å². The molecule has 0 bridgehead atoms. The molecular formula is C7H13N5O2S. The number of sulfonamides is 1. The third-order valence-electron chi connectivity index (χ3n) is 1.53. The molecule has 1 aromatic rings. The molecule has 0 aliphatic carbocycles. The summed E-state index contributed by atoms with van der Waals surface area (Å²) in [6.45, 7) is 1.67. The molecule has 0 amide bonds. The zero-order chi connectivity index (χ0) is 11.5. The molecule has 0 aliphatic rings. The molecule has 8 heteroatoms. The second-order valence-corrected chi connectivity index (χ2v) is 4.87. The largest absolute Gasteiger partial charge is 0.396 e. The van der Waals surface area contributed by atoms with E-state index in [0.717, 1.165) is 0 Å². The van der Waals surface area contributed by atoms with Crippen LogP contribution in [-0.4, -0.2) is 30.2 Å². The number of aromatic nitrogens is 2. The summed E-state index contributed by atoms with van der Waals surface area (Å²) in [5, 5.41) is 7.67. The summed E-state index contributed by atoms with van der Waals surface area (Å²) >= 11 is 0. The standard InChI is InChI=1S/C7H13N5O2S/c1-5(4-15(9,13)14)12-7-10-2-6(8)3-11-7/h2-3,5H,4,8H2,1H3,(H2,9,13,14)(H,10,11,12)/t5-/m0/s1. The quantitative estimate of drug-likeness (QED) is 0.620. The molecule has 0 saturated carbocycles. The summed E-state index contributed by atoms with van der Waals surface area (Å²) in [7, 11) is -3.49. The van der Waals surface area contributed by atoms with Crippen molar-refractivity contribution in [1.29, 1.82) is 0 Å². The van der Waals surface area contributed by atoms with E-state index in [9.17, 15) is 8.42 Å². The van der Waals surface area contributed by atoms with E-state index in [0.29, 0.717) is 11.6 Å². The van der Waals surface area contributed by atoms with Crippen molar-refractivity contribution in [2.45, 2.75) is 13.0 Å². The number of nitrogens with one attached hydrogen (secondary N) is 1.